The zero-order valence-electron chi connectivity index (χ0n) is 11.5. The summed E-state index contributed by atoms with van der Waals surface area (Å²) in [5.41, 5.74) is 2.60. The van der Waals surface area contributed by atoms with Gasteiger partial charge in [0.15, 0.2) is 5.13 Å². The molecule has 116 valence electrons. The standard InChI is InChI=1S/C12H12FN5O3S/c1-8-10(18(20)21)7-15-17(8)5-4-12(19)16-14-6-9-2-3-11(13)22-9/h2-3,6-7H,4-5H2,1H3,(H,16,19)/b14-6-. The Morgan fingerprint density at radius 2 is 2.41 bits per heavy atom. The summed E-state index contributed by atoms with van der Waals surface area (Å²) < 4.78 is 14.1. The normalized spacial score (nSPS) is 11.0. The van der Waals surface area contributed by atoms with Gasteiger partial charge in [-0.05, 0) is 19.1 Å². The van der Waals surface area contributed by atoms with Crippen molar-refractivity contribution in [1.29, 1.82) is 0 Å². The number of thiophene rings is 1. The third-order valence-corrected chi connectivity index (χ3v) is 3.61. The molecule has 2 aromatic rings. The summed E-state index contributed by atoms with van der Waals surface area (Å²) in [4.78, 5) is 22.3. The topological polar surface area (TPSA) is 102 Å². The first-order valence-corrected chi connectivity index (χ1v) is 7.03. The van der Waals surface area contributed by atoms with Crippen molar-refractivity contribution >= 4 is 29.1 Å². The van der Waals surface area contributed by atoms with Crippen LogP contribution in [-0.2, 0) is 11.3 Å². The smallest absolute Gasteiger partial charge is 0.273 e. The molecule has 10 heteroatoms. The SMILES string of the molecule is Cc1c([N+](=O)[O-])cnn1CCC(=O)N/N=C\c1ccc(F)s1. The van der Waals surface area contributed by atoms with Gasteiger partial charge >= 0.3 is 5.69 Å². The minimum atomic E-state index is -0.524. The number of rotatable bonds is 6. The largest absolute Gasteiger partial charge is 0.309 e. The van der Waals surface area contributed by atoms with E-state index in [1.54, 1.807) is 13.0 Å². The van der Waals surface area contributed by atoms with Gasteiger partial charge in [0.1, 0.15) is 11.9 Å². The van der Waals surface area contributed by atoms with E-state index in [4.69, 9.17) is 0 Å². The molecule has 1 N–H and O–H groups in total. The van der Waals surface area contributed by atoms with Gasteiger partial charge in [0, 0.05) is 6.42 Å². The van der Waals surface area contributed by atoms with Crippen LogP contribution in [0.1, 0.15) is 17.0 Å². The number of nitrogens with one attached hydrogen (secondary N) is 1. The molecule has 0 unspecified atom stereocenters. The third-order valence-electron chi connectivity index (χ3n) is 2.80. The molecule has 0 aliphatic carbocycles. The van der Waals surface area contributed by atoms with E-state index in [1.165, 1.54) is 17.0 Å². The summed E-state index contributed by atoms with van der Waals surface area (Å²) in [7, 11) is 0. The maximum atomic E-state index is 12.7. The second-order valence-corrected chi connectivity index (χ2v) is 5.35. The maximum absolute atomic E-state index is 12.7. The van der Waals surface area contributed by atoms with Crippen LogP contribution in [0, 0.1) is 22.2 Å². The number of hydrogen-bond acceptors (Lipinski definition) is 6. The summed E-state index contributed by atoms with van der Waals surface area (Å²) in [5.74, 6) is -0.370. The number of nitro groups is 1. The molecule has 22 heavy (non-hydrogen) atoms. The number of hydrogen-bond donors (Lipinski definition) is 1. The summed E-state index contributed by atoms with van der Waals surface area (Å²) in [6, 6.07) is 2.85. The number of nitrogens with zero attached hydrogens (tertiary/aromatic N) is 4. The number of carbonyl (C=O) groups is 1. The molecule has 0 atom stereocenters. The zero-order valence-corrected chi connectivity index (χ0v) is 12.3. The molecule has 0 saturated carbocycles. The Hall–Kier alpha value is -2.62. The zero-order chi connectivity index (χ0) is 16.1. The van der Waals surface area contributed by atoms with E-state index in [1.807, 2.05) is 0 Å². The minimum Gasteiger partial charge on any atom is -0.273 e. The summed E-state index contributed by atoms with van der Waals surface area (Å²) in [6.45, 7) is 1.77. The maximum Gasteiger partial charge on any atom is 0.309 e. The molecule has 8 nitrogen and oxygen atoms in total. The van der Waals surface area contributed by atoms with E-state index in [-0.39, 0.29) is 29.7 Å². The van der Waals surface area contributed by atoms with E-state index < -0.39 is 4.92 Å². The average Bonchev–Trinajstić information content (AvgIpc) is 3.03. The minimum absolute atomic E-state index is 0.0653. The quantitative estimate of drug-likeness (QED) is 0.497. The van der Waals surface area contributed by atoms with E-state index in [0.29, 0.717) is 10.6 Å². The lowest BCUT2D eigenvalue weighted by molar-refractivity contribution is -0.385. The van der Waals surface area contributed by atoms with Crippen LogP contribution in [0.2, 0.25) is 0 Å². The second kappa shape index (κ2) is 6.89. The van der Waals surface area contributed by atoms with Gasteiger partial charge in [0.25, 0.3) is 0 Å². The van der Waals surface area contributed by atoms with Crippen molar-refractivity contribution in [3.8, 4) is 0 Å². The van der Waals surface area contributed by atoms with Gasteiger partial charge in [-0.3, -0.25) is 19.6 Å². The average molecular weight is 325 g/mol. The lowest BCUT2D eigenvalue weighted by Crippen LogP contribution is -2.20. The summed E-state index contributed by atoms with van der Waals surface area (Å²) in [6.07, 6.45) is 2.56. The molecule has 2 heterocycles. The molecule has 2 aromatic heterocycles. The number of hydrazone groups is 1. The molecule has 0 fully saturated rings. The molecule has 0 aromatic carbocycles. The van der Waals surface area contributed by atoms with Crippen LogP contribution in [0.4, 0.5) is 10.1 Å². The molecule has 0 saturated heterocycles. The lowest BCUT2D eigenvalue weighted by atomic mass is 10.3. The Morgan fingerprint density at radius 1 is 1.64 bits per heavy atom. The van der Waals surface area contributed by atoms with Gasteiger partial charge in [-0.25, -0.2) is 5.43 Å². The first-order chi connectivity index (χ1) is 10.5. The first kappa shape index (κ1) is 15.8. The van der Waals surface area contributed by atoms with Gasteiger partial charge in [0.2, 0.25) is 5.91 Å². The highest BCUT2D eigenvalue weighted by Crippen LogP contribution is 2.16. The van der Waals surface area contributed by atoms with E-state index >= 15 is 0 Å². The van der Waals surface area contributed by atoms with E-state index in [9.17, 15) is 19.3 Å². The Balaban J connectivity index is 1.83. The summed E-state index contributed by atoms with van der Waals surface area (Å²) in [5, 5.41) is 17.9. The van der Waals surface area contributed by atoms with Gasteiger partial charge in [-0.15, -0.1) is 11.3 Å². The van der Waals surface area contributed by atoms with Crippen molar-refractivity contribution in [2.24, 2.45) is 5.10 Å². The Labute approximate surface area is 128 Å². The molecular weight excluding hydrogens is 313 g/mol. The van der Waals surface area contributed by atoms with Gasteiger partial charge in [0.05, 0.1) is 22.6 Å². The van der Waals surface area contributed by atoms with Crippen LogP contribution in [0.15, 0.2) is 23.4 Å². The van der Waals surface area contributed by atoms with Gasteiger partial charge in [-0.1, -0.05) is 0 Å². The van der Waals surface area contributed by atoms with Gasteiger partial charge < -0.3 is 0 Å². The Bertz CT molecular complexity index is 724. The van der Waals surface area contributed by atoms with Crippen molar-refractivity contribution in [3.63, 3.8) is 0 Å². The van der Waals surface area contributed by atoms with Crippen LogP contribution in [0.3, 0.4) is 0 Å². The molecule has 0 spiro atoms. The van der Waals surface area contributed by atoms with Crippen LogP contribution in [0.25, 0.3) is 0 Å². The van der Waals surface area contributed by atoms with Crippen LogP contribution in [-0.4, -0.2) is 26.8 Å². The Kier molecular flexibility index (Phi) is 4.94. The molecule has 0 aliphatic heterocycles. The van der Waals surface area contributed by atoms with Crippen LogP contribution < -0.4 is 5.43 Å². The highest BCUT2D eigenvalue weighted by atomic mass is 32.1. The van der Waals surface area contributed by atoms with Crippen molar-refractivity contribution in [2.45, 2.75) is 19.9 Å². The number of aryl methyl sites for hydroxylation is 1. The van der Waals surface area contributed by atoms with Crippen molar-refractivity contribution < 1.29 is 14.1 Å². The molecule has 0 radical (unpaired) electrons. The number of aromatic nitrogens is 2. The van der Waals surface area contributed by atoms with E-state index in [0.717, 1.165) is 17.5 Å². The molecule has 0 aliphatic rings. The number of amides is 1. The molecule has 1 amide bonds. The fourth-order valence-electron chi connectivity index (χ4n) is 1.67. The molecule has 2 rings (SSSR count). The number of carbonyl (C=O) groups excluding carboxylic acids is 1. The predicted molar refractivity (Wildman–Crippen MR) is 78.2 cm³/mol. The van der Waals surface area contributed by atoms with Crippen molar-refractivity contribution in [2.75, 3.05) is 0 Å². The predicted octanol–water partition coefficient (Wildman–Crippen LogP) is 1.84. The van der Waals surface area contributed by atoms with Crippen LogP contribution in [0.5, 0.6) is 0 Å². The molecule has 0 bridgehead atoms. The van der Waals surface area contributed by atoms with E-state index in [2.05, 4.69) is 15.6 Å². The third kappa shape index (κ3) is 3.95. The Morgan fingerprint density at radius 3 is 3.00 bits per heavy atom. The highest BCUT2D eigenvalue weighted by molar-refractivity contribution is 7.12. The fourth-order valence-corrected chi connectivity index (χ4v) is 2.27. The van der Waals surface area contributed by atoms with Gasteiger partial charge in [-0.2, -0.15) is 14.6 Å². The van der Waals surface area contributed by atoms with Crippen molar-refractivity contribution in [1.82, 2.24) is 15.2 Å². The lowest BCUT2D eigenvalue weighted by Gasteiger charge is -2.02. The number of halogens is 1. The van der Waals surface area contributed by atoms with Crippen molar-refractivity contribution in [3.05, 3.63) is 44.1 Å². The van der Waals surface area contributed by atoms with Crippen LogP contribution >= 0.6 is 11.3 Å². The highest BCUT2D eigenvalue weighted by Gasteiger charge is 2.16. The molecular formula is C12H12FN5O3S. The first-order valence-electron chi connectivity index (χ1n) is 6.21. The monoisotopic (exact) mass is 325 g/mol. The fraction of sp³-hybridized carbons (Fsp3) is 0.250. The second-order valence-electron chi connectivity index (χ2n) is 4.28. The summed E-state index contributed by atoms with van der Waals surface area (Å²) >= 11 is 0.912.